The van der Waals surface area contributed by atoms with Gasteiger partial charge in [0, 0.05) is 0 Å². The van der Waals surface area contributed by atoms with E-state index in [4.69, 9.17) is 15.3 Å². The molecule has 0 aliphatic carbocycles. The first-order chi connectivity index (χ1) is 1.73. The van der Waals surface area contributed by atoms with Crippen LogP contribution in [0.3, 0.4) is 0 Å². The molecule has 7 heavy (non-hydrogen) atoms. The molecule has 1 N–H and O–H groups in total. The molecule has 0 heterocycles. The minimum Gasteiger partial charge on any atom is -1.00 e. The van der Waals surface area contributed by atoms with Crippen molar-refractivity contribution in [2.45, 2.75) is 0 Å². The Bertz CT molecular complexity index is 35.9. The molecule has 0 rings (SSSR count). The van der Waals surface area contributed by atoms with Crippen LogP contribution in [0.2, 0.25) is 0 Å². The molecule has 0 unspecified atom stereocenters. The van der Waals surface area contributed by atoms with Crippen LogP contribution in [-0.4, -0.2) is 48.0 Å². The van der Waals surface area contributed by atoms with Crippen molar-refractivity contribution in [3.63, 3.8) is 0 Å². The Kier molecular flexibility index (Phi) is 54.9. The molecule has 0 aromatic heterocycles. The Morgan fingerprint density at radius 1 is 1.43 bits per heavy atom. The quantitative estimate of drug-likeness (QED) is 0.225. The first kappa shape index (κ1) is 24.4. The van der Waals surface area contributed by atoms with Gasteiger partial charge in [-0.05, 0) is 0 Å². The van der Waals surface area contributed by atoms with Crippen LogP contribution in [0.15, 0.2) is 0 Å². The van der Waals surface area contributed by atoms with Crippen LogP contribution >= 0.6 is 0 Å². The van der Waals surface area contributed by atoms with E-state index >= 15 is 0 Å². The van der Waals surface area contributed by atoms with E-state index in [0.717, 1.165) is 0 Å². The Morgan fingerprint density at radius 3 is 1.43 bits per heavy atom. The summed E-state index contributed by atoms with van der Waals surface area (Å²) in [6.45, 7) is 0. The second-order valence-corrected chi connectivity index (χ2v) is 0.238. The molecule has 0 aliphatic heterocycles. The van der Waals surface area contributed by atoms with E-state index in [9.17, 15) is 0 Å². The van der Waals surface area contributed by atoms with E-state index in [-0.39, 0.29) is 62.6 Å². The molecule has 0 aliphatic rings. The minimum absolute atomic E-state index is 0. The summed E-state index contributed by atoms with van der Waals surface area (Å²) in [5, 5.41) is 13.6. The average molecular weight is 174 g/mol. The Labute approximate surface area is 82.2 Å². The summed E-state index contributed by atoms with van der Waals surface area (Å²) in [5.74, 6) is 0. The summed E-state index contributed by atoms with van der Waals surface area (Å²) in [7, 11) is 0. The van der Waals surface area contributed by atoms with Crippen LogP contribution in [0, 0.1) is 10.1 Å². The van der Waals surface area contributed by atoms with Crippen molar-refractivity contribution < 1.29 is 35.1 Å². The fraction of sp³-hybridized carbons (Fsp3) is 0. The van der Waals surface area contributed by atoms with Crippen molar-refractivity contribution in [1.82, 2.24) is 0 Å². The van der Waals surface area contributed by atoms with Crippen LogP contribution in [0.25, 0.3) is 0 Å². The van der Waals surface area contributed by atoms with Gasteiger partial charge in [-0.2, -0.15) is 0 Å². The van der Waals surface area contributed by atoms with Gasteiger partial charge in [-0.15, -0.1) is 10.1 Å². The van der Waals surface area contributed by atoms with Gasteiger partial charge < -0.3 is 30.0 Å². The van der Waals surface area contributed by atoms with Gasteiger partial charge in [-0.25, -0.2) is 0 Å². The molecule has 0 bridgehead atoms. The van der Waals surface area contributed by atoms with Gasteiger partial charge in [0.25, 0.3) is 5.09 Å². The molecule has 0 atom stereocenters. The van der Waals surface area contributed by atoms with Crippen molar-refractivity contribution in [3.8, 4) is 0 Å². The third kappa shape index (κ3) is 165. The molecule has 40 valence electrons. The molecule has 0 aromatic rings. The van der Waals surface area contributed by atoms with Gasteiger partial charge in [0.2, 0.25) is 0 Å². The van der Waals surface area contributed by atoms with Gasteiger partial charge in [0.15, 0.2) is 0 Å². The molecule has 4 nitrogen and oxygen atoms in total. The van der Waals surface area contributed by atoms with Crippen molar-refractivity contribution in [3.05, 3.63) is 10.1 Å². The van der Waals surface area contributed by atoms with E-state index in [1.54, 1.807) is 0 Å². The molecule has 0 fully saturated rings. The summed E-state index contributed by atoms with van der Waals surface area (Å²) in [5.41, 5.74) is 0. The fourth-order valence-corrected chi connectivity index (χ4v) is 0. The molecular weight excluding hydrogens is 173 g/mol. The van der Waals surface area contributed by atoms with E-state index in [0.29, 0.717) is 0 Å². The molecule has 7 heteroatoms. The molecule has 0 saturated heterocycles. The molecule has 0 aromatic carbocycles. The number of nitrogens with zero attached hydrogens (tertiary/aromatic N) is 1. The van der Waals surface area contributed by atoms with Crippen LogP contribution in [0.4, 0.5) is 0 Å². The monoisotopic (exact) mass is 173 g/mol. The van der Waals surface area contributed by atoms with Crippen LogP contribution in [0.1, 0.15) is 0 Å². The first-order valence-corrected chi connectivity index (χ1v) is 0.565. The predicted molar refractivity (Wildman–Crippen MR) is 14.5 cm³/mol. The van der Waals surface area contributed by atoms with E-state index in [1.807, 2.05) is 0 Å². The van der Waals surface area contributed by atoms with Crippen molar-refractivity contribution in [2.75, 3.05) is 0 Å². The smallest absolute Gasteiger partial charge is 1.00 e. The van der Waals surface area contributed by atoms with Crippen LogP contribution in [0.5, 0.6) is 0 Å². The molecular formula is HCaCl2NO3. The van der Waals surface area contributed by atoms with Crippen molar-refractivity contribution in [2.24, 2.45) is 0 Å². The molecule has 0 spiro atoms. The first-order valence-electron chi connectivity index (χ1n) is 0.565. The largest absolute Gasteiger partial charge is 2.00 e. The maximum absolute atomic E-state index is 8.36. The third-order valence-corrected chi connectivity index (χ3v) is 0. The summed E-state index contributed by atoms with van der Waals surface area (Å²) >= 11 is 0. The van der Waals surface area contributed by atoms with Gasteiger partial charge in [-0.1, -0.05) is 0 Å². The summed E-state index contributed by atoms with van der Waals surface area (Å²) in [4.78, 5) is 8.36. The summed E-state index contributed by atoms with van der Waals surface area (Å²) in [6, 6.07) is 0. The second-order valence-electron chi connectivity index (χ2n) is 0.238. The zero-order valence-electron chi connectivity index (χ0n) is 3.17. The van der Waals surface area contributed by atoms with E-state index in [1.165, 1.54) is 0 Å². The normalized spacial score (nSPS) is 3.43. The summed E-state index contributed by atoms with van der Waals surface area (Å²) in [6.07, 6.45) is 0. The Balaban J connectivity index is -0.0000000150. The maximum Gasteiger partial charge on any atom is 2.00 e. The third-order valence-electron chi connectivity index (χ3n) is 0. The SMILES string of the molecule is O=[N+]([O-])O.[Ca+2].[Cl-].[Cl-]. The van der Waals surface area contributed by atoms with E-state index < -0.39 is 5.09 Å². The van der Waals surface area contributed by atoms with Gasteiger partial charge in [0.05, 0.1) is 0 Å². The Hall–Kier alpha value is 1.04. The topological polar surface area (TPSA) is 63.4 Å². The van der Waals surface area contributed by atoms with Crippen LogP contribution in [-0.2, 0) is 0 Å². The number of halogens is 2. The fourth-order valence-electron chi connectivity index (χ4n) is 0. The number of hydrogen-bond acceptors (Lipinski definition) is 2. The van der Waals surface area contributed by atoms with Crippen molar-refractivity contribution >= 4 is 37.7 Å². The van der Waals surface area contributed by atoms with Crippen LogP contribution < -0.4 is 24.8 Å². The molecule has 0 radical (unpaired) electrons. The van der Waals surface area contributed by atoms with Gasteiger partial charge >= 0.3 is 37.7 Å². The second kappa shape index (κ2) is 15.7. The average Bonchev–Trinajstić information content (AvgIpc) is 0.811. The number of hydrogen-bond donors (Lipinski definition) is 1. The number of rotatable bonds is 0. The summed E-state index contributed by atoms with van der Waals surface area (Å²) < 4.78 is 0. The zero-order chi connectivity index (χ0) is 3.58. The van der Waals surface area contributed by atoms with Crippen molar-refractivity contribution in [1.29, 1.82) is 0 Å². The van der Waals surface area contributed by atoms with E-state index in [2.05, 4.69) is 0 Å². The maximum atomic E-state index is 8.36. The van der Waals surface area contributed by atoms with Gasteiger partial charge in [-0.3, -0.25) is 0 Å². The molecule has 0 saturated carbocycles. The molecule has 0 amide bonds. The minimum atomic E-state index is -1.50. The van der Waals surface area contributed by atoms with Gasteiger partial charge in [0.1, 0.15) is 0 Å². The zero-order valence-corrected chi connectivity index (χ0v) is 6.89. The Morgan fingerprint density at radius 2 is 1.43 bits per heavy atom. The standard InChI is InChI=1S/Ca.2ClH.HNO3/c;;;2-1(3)4/h;2*1H;(H,2,3,4)/q+2;;;/p-2. The predicted octanol–water partition coefficient (Wildman–Crippen LogP) is -6.72.